The minimum Gasteiger partial charge on any atom is -0.481 e. The van der Waals surface area contributed by atoms with Gasteiger partial charge in [-0.1, -0.05) is 18.6 Å². The molecule has 0 aliphatic heterocycles. The fourth-order valence-corrected chi connectivity index (χ4v) is 2.98. The van der Waals surface area contributed by atoms with Gasteiger partial charge in [0.1, 0.15) is 0 Å². The Kier molecular flexibility index (Phi) is 2.38. The van der Waals surface area contributed by atoms with Crippen molar-refractivity contribution in [3.05, 3.63) is 11.6 Å². The maximum atomic E-state index is 11.3. The SMILES string of the molecule is CC1CC(C(=O)O)(C2=CCCCC2)C1. The van der Waals surface area contributed by atoms with Crippen LogP contribution in [0.25, 0.3) is 0 Å². The van der Waals surface area contributed by atoms with Crippen LogP contribution in [0.15, 0.2) is 11.6 Å². The van der Waals surface area contributed by atoms with Crippen LogP contribution in [0.2, 0.25) is 0 Å². The maximum absolute atomic E-state index is 11.3. The van der Waals surface area contributed by atoms with Crippen molar-refractivity contribution in [1.29, 1.82) is 0 Å². The molecule has 2 rings (SSSR count). The van der Waals surface area contributed by atoms with E-state index in [1.165, 1.54) is 18.4 Å². The molecule has 0 atom stereocenters. The first-order valence-electron chi connectivity index (χ1n) is 5.58. The monoisotopic (exact) mass is 194 g/mol. The third kappa shape index (κ3) is 1.37. The largest absolute Gasteiger partial charge is 0.481 e. The molecule has 0 unspecified atom stereocenters. The fourth-order valence-electron chi connectivity index (χ4n) is 2.98. The fraction of sp³-hybridized carbons (Fsp3) is 0.750. The average Bonchev–Trinajstić information content (AvgIpc) is 2.13. The van der Waals surface area contributed by atoms with Crippen molar-refractivity contribution in [2.24, 2.45) is 11.3 Å². The van der Waals surface area contributed by atoms with Crippen LogP contribution in [0.3, 0.4) is 0 Å². The summed E-state index contributed by atoms with van der Waals surface area (Å²) in [6.45, 7) is 2.14. The van der Waals surface area contributed by atoms with Gasteiger partial charge in [0, 0.05) is 0 Å². The number of allylic oxidation sites excluding steroid dienone is 1. The van der Waals surface area contributed by atoms with Crippen molar-refractivity contribution in [3.8, 4) is 0 Å². The molecule has 0 radical (unpaired) electrons. The molecule has 0 spiro atoms. The molecular formula is C12H18O2. The third-order valence-corrected chi connectivity index (χ3v) is 3.71. The van der Waals surface area contributed by atoms with E-state index in [1.807, 2.05) is 0 Å². The first-order chi connectivity index (χ1) is 6.65. The maximum Gasteiger partial charge on any atom is 0.313 e. The number of carbonyl (C=O) groups is 1. The summed E-state index contributed by atoms with van der Waals surface area (Å²) in [5.41, 5.74) is 0.758. The lowest BCUT2D eigenvalue weighted by Gasteiger charge is -2.45. The molecule has 0 amide bonds. The van der Waals surface area contributed by atoms with Crippen molar-refractivity contribution in [2.75, 3.05) is 0 Å². The van der Waals surface area contributed by atoms with Gasteiger partial charge in [0.15, 0.2) is 0 Å². The van der Waals surface area contributed by atoms with E-state index in [0.29, 0.717) is 5.92 Å². The van der Waals surface area contributed by atoms with Gasteiger partial charge in [-0.3, -0.25) is 4.79 Å². The van der Waals surface area contributed by atoms with Gasteiger partial charge in [0.05, 0.1) is 5.41 Å². The highest BCUT2D eigenvalue weighted by Crippen LogP contribution is 2.53. The summed E-state index contributed by atoms with van der Waals surface area (Å²) in [6, 6.07) is 0. The van der Waals surface area contributed by atoms with Gasteiger partial charge < -0.3 is 5.11 Å². The van der Waals surface area contributed by atoms with Crippen molar-refractivity contribution in [2.45, 2.75) is 45.4 Å². The van der Waals surface area contributed by atoms with Gasteiger partial charge in [-0.2, -0.15) is 0 Å². The van der Waals surface area contributed by atoms with E-state index >= 15 is 0 Å². The normalized spacial score (nSPS) is 37.2. The third-order valence-electron chi connectivity index (χ3n) is 3.71. The van der Waals surface area contributed by atoms with Crippen LogP contribution in [0.5, 0.6) is 0 Å². The minimum atomic E-state index is -0.594. The lowest BCUT2D eigenvalue weighted by atomic mass is 9.57. The molecule has 0 aromatic heterocycles. The zero-order valence-electron chi connectivity index (χ0n) is 8.75. The predicted molar refractivity (Wildman–Crippen MR) is 55.0 cm³/mol. The van der Waals surface area contributed by atoms with Crippen LogP contribution in [0.4, 0.5) is 0 Å². The van der Waals surface area contributed by atoms with Crippen LogP contribution in [-0.2, 0) is 4.79 Å². The standard InChI is InChI=1S/C12H18O2/c1-9-7-12(8-9,11(13)14)10-5-3-2-4-6-10/h5,9H,2-4,6-8H2,1H3,(H,13,14). The molecule has 0 saturated heterocycles. The quantitative estimate of drug-likeness (QED) is 0.686. The molecule has 2 aliphatic rings. The van der Waals surface area contributed by atoms with E-state index < -0.39 is 11.4 Å². The van der Waals surface area contributed by atoms with E-state index in [1.54, 1.807) is 0 Å². The van der Waals surface area contributed by atoms with Gasteiger partial charge in [-0.05, 0) is 44.4 Å². The number of hydrogen-bond acceptors (Lipinski definition) is 1. The van der Waals surface area contributed by atoms with Crippen LogP contribution < -0.4 is 0 Å². The number of carboxylic acids is 1. The Morgan fingerprint density at radius 2 is 2.21 bits per heavy atom. The van der Waals surface area contributed by atoms with Crippen molar-refractivity contribution in [3.63, 3.8) is 0 Å². The second kappa shape index (κ2) is 3.41. The summed E-state index contributed by atoms with van der Waals surface area (Å²) < 4.78 is 0. The Balaban J connectivity index is 2.19. The van der Waals surface area contributed by atoms with Gasteiger partial charge in [0.2, 0.25) is 0 Å². The molecule has 1 N–H and O–H groups in total. The van der Waals surface area contributed by atoms with Gasteiger partial charge >= 0.3 is 5.97 Å². The molecule has 0 heterocycles. The van der Waals surface area contributed by atoms with Gasteiger partial charge in [-0.25, -0.2) is 0 Å². The molecule has 2 nitrogen and oxygen atoms in total. The number of rotatable bonds is 2. The Morgan fingerprint density at radius 3 is 2.64 bits per heavy atom. The lowest BCUT2D eigenvalue weighted by molar-refractivity contribution is -0.154. The van der Waals surface area contributed by atoms with Crippen LogP contribution in [0.1, 0.15) is 45.4 Å². The first-order valence-corrected chi connectivity index (χ1v) is 5.58. The van der Waals surface area contributed by atoms with E-state index in [4.69, 9.17) is 0 Å². The second-order valence-corrected chi connectivity index (χ2v) is 4.88. The minimum absolute atomic E-state index is 0.458. The highest BCUT2D eigenvalue weighted by molar-refractivity contribution is 5.80. The smallest absolute Gasteiger partial charge is 0.313 e. The molecule has 1 saturated carbocycles. The predicted octanol–water partition coefficient (Wildman–Crippen LogP) is 2.99. The number of carboxylic acid groups (broad SMARTS) is 1. The molecule has 78 valence electrons. The Labute approximate surface area is 85.0 Å². The summed E-state index contributed by atoms with van der Waals surface area (Å²) in [6.07, 6.45) is 8.40. The zero-order chi connectivity index (χ0) is 10.2. The summed E-state index contributed by atoms with van der Waals surface area (Å²) in [4.78, 5) is 11.3. The van der Waals surface area contributed by atoms with Crippen LogP contribution in [-0.4, -0.2) is 11.1 Å². The van der Waals surface area contributed by atoms with E-state index in [0.717, 1.165) is 25.7 Å². The topological polar surface area (TPSA) is 37.3 Å². The molecule has 0 aromatic carbocycles. The van der Waals surface area contributed by atoms with E-state index in [-0.39, 0.29) is 0 Å². The van der Waals surface area contributed by atoms with Crippen LogP contribution >= 0.6 is 0 Å². The summed E-state index contributed by atoms with van der Waals surface area (Å²) in [5.74, 6) is -0.00215. The lowest BCUT2D eigenvalue weighted by Crippen LogP contribution is -2.44. The average molecular weight is 194 g/mol. The summed E-state index contributed by atoms with van der Waals surface area (Å²) in [5, 5.41) is 9.31. The van der Waals surface area contributed by atoms with Crippen LogP contribution in [0, 0.1) is 11.3 Å². The van der Waals surface area contributed by atoms with E-state index in [9.17, 15) is 9.90 Å². The Bertz CT molecular complexity index is 272. The second-order valence-electron chi connectivity index (χ2n) is 4.88. The van der Waals surface area contributed by atoms with E-state index in [2.05, 4.69) is 13.0 Å². The molecule has 0 bridgehead atoms. The molecule has 0 aromatic rings. The van der Waals surface area contributed by atoms with Gasteiger partial charge in [0.25, 0.3) is 0 Å². The molecule has 2 heteroatoms. The molecule has 1 fully saturated rings. The zero-order valence-corrected chi connectivity index (χ0v) is 8.75. The van der Waals surface area contributed by atoms with Crippen molar-refractivity contribution >= 4 is 5.97 Å². The number of aliphatic carboxylic acids is 1. The highest BCUT2D eigenvalue weighted by Gasteiger charge is 2.50. The summed E-state index contributed by atoms with van der Waals surface area (Å²) >= 11 is 0. The highest BCUT2D eigenvalue weighted by atomic mass is 16.4. The van der Waals surface area contributed by atoms with Gasteiger partial charge in [-0.15, -0.1) is 0 Å². The molecule has 14 heavy (non-hydrogen) atoms. The Hall–Kier alpha value is -0.790. The Morgan fingerprint density at radius 1 is 1.50 bits per heavy atom. The molecular weight excluding hydrogens is 176 g/mol. The molecule has 2 aliphatic carbocycles. The number of hydrogen-bond donors (Lipinski definition) is 1. The summed E-state index contributed by atoms with van der Waals surface area (Å²) in [7, 11) is 0. The van der Waals surface area contributed by atoms with Crippen molar-refractivity contribution < 1.29 is 9.90 Å². The first kappa shape index (κ1) is 9.75. The van der Waals surface area contributed by atoms with Crippen molar-refractivity contribution in [1.82, 2.24) is 0 Å².